The second-order valence-electron chi connectivity index (χ2n) is 5.82. The average molecular weight is 357 g/mol. The molecule has 1 aliphatic heterocycles. The van der Waals surface area contributed by atoms with Crippen molar-refractivity contribution in [1.29, 1.82) is 0 Å². The van der Waals surface area contributed by atoms with Crippen molar-refractivity contribution in [2.24, 2.45) is 0 Å². The first kappa shape index (κ1) is 16.5. The van der Waals surface area contributed by atoms with Crippen molar-refractivity contribution in [1.82, 2.24) is 24.9 Å². The zero-order valence-electron chi connectivity index (χ0n) is 13.0. The molecule has 1 aliphatic rings. The van der Waals surface area contributed by atoms with Gasteiger partial charge in [0, 0.05) is 19.3 Å². The highest BCUT2D eigenvalue weighted by molar-refractivity contribution is 7.90. The van der Waals surface area contributed by atoms with Gasteiger partial charge in [-0.05, 0) is 13.0 Å². The quantitative estimate of drug-likeness (QED) is 0.812. The topological polar surface area (TPSA) is 101 Å². The van der Waals surface area contributed by atoms with E-state index >= 15 is 0 Å². The summed E-state index contributed by atoms with van der Waals surface area (Å²) in [5.41, 5.74) is 1.39. The highest BCUT2D eigenvalue weighted by atomic mass is 32.2. The van der Waals surface area contributed by atoms with Crippen molar-refractivity contribution in [2.75, 3.05) is 18.6 Å². The van der Waals surface area contributed by atoms with Crippen LogP contribution in [0.2, 0.25) is 0 Å². The van der Waals surface area contributed by atoms with Crippen LogP contribution in [0, 0.1) is 6.92 Å². The van der Waals surface area contributed by atoms with E-state index in [0.29, 0.717) is 18.8 Å². The number of fused-ring (bicyclic) bond motifs is 1. The zero-order valence-corrected chi connectivity index (χ0v) is 14.6. The predicted octanol–water partition coefficient (Wildman–Crippen LogP) is 0.137. The lowest BCUT2D eigenvalue weighted by atomic mass is 10.2. The maximum Gasteiger partial charge on any atom is 0.150 e. The minimum atomic E-state index is -3.25. The van der Waals surface area contributed by atoms with Gasteiger partial charge in [0.2, 0.25) is 0 Å². The van der Waals surface area contributed by atoms with Crippen LogP contribution in [0.3, 0.4) is 0 Å². The summed E-state index contributed by atoms with van der Waals surface area (Å²) >= 11 is 1.59. The van der Waals surface area contributed by atoms with Gasteiger partial charge in [-0.2, -0.15) is 5.10 Å². The molecule has 0 spiro atoms. The fourth-order valence-corrected chi connectivity index (χ4v) is 4.10. The van der Waals surface area contributed by atoms with Crippen LogP contribution in [0.1, 0.15) is 27.5 Å². The molecule has 8 nitrogen and oxygen atoms in total. The molecular weight excluding hydrogens is 338 g/mol. The summed E-state index contributed by atoms with van der Waals surface area (Å²) in [6, 6.07) is 1.79. The molecule has 23 heavy (non-hydrogen) atoms. The van der Waals surface area contributed by atoms with Gasteiger partial charge in [-0.3, -0.25) is 9.58 Å². The molecule has 0 bridgehead atoms. The standard InChI is InChI=1S/C13H19N5O3S2/c1-9-14-15-13(22-9)7-17-3-4-18-10(6-17)5-11(16-18)12(19)8-23(2,20)21/h5,12,19H,3-4,6-8H2,1-2H3/t12-/m0/s1. The SMILES string of the molecule is Cc1nnc(CN2CCn3nc([C@@H](O)CS(C)(=O)=O)cc3C2)s1. The van der Waals surface area contributed by atoms with Gasteiger partial charge >= 0.3 is 0 Å². The molecular formula is C13H19N5O3S2. The molecule has 0 amide bonds. The highest BCUT2D eigenvalue weighted by Gasteiger charge is 2.23. The van der Waals surface area contributed by atoms with E-state index in [4.69, 9.17) is 0 Å². The molecule has 0 saturated carbocycles. The van der Waals surface area contributed by atoms with Crippen molar-refractivity contribution in [3.05, 3.63) is 27.5 Å². The van der Waals surface area contributed by atoms with Crippen molar-refractivity contribution in [2.45, 2.75) is 32.7 Å². The van der Waals surface area contributed by atoms with Gasteiger partial charge in [-0.1, -0.05) is 0 Å². The summed E-state index contributed by atoms with van der Waals surface area (Å²) in [5.74, 6) is -0.308. The van der Waals surface area contributed by atoms with E-state index < -0.39 is 15.9 Å². The Hall–Kier alpha value is -1.36. The van der Waals surface area contributed by atoms with E-state index in [1.807, 2.05) is 11.6 Å². The lowest BCUT2D eigenvalue weighted by molar-refractivity contribution is 0.191. The van der Waals surface area contributed by atoms with Gasteiger partial charge in [-0.25, -0.2) is 8.42 Å². The molecule has 3 heterocycles. The van der Waals surface area contributed by atoms with Crippen LogP contribution in [0.25, 0.3) is 0 Å². The lowest BCUT2D eigenvalue weighted by Crippen LogP contribution is -2.33. The van der Waals surface area contributed by atoms with Crippen LogP contribution < -0.4 is 0 Å². The molecule has 10 heteroatoms. The van der Waals surface area contributed by atoms with Gasteiger partial charge in [0.1, 0.15) is 26.0 Å². The first-order valence-corrected chi connectivity index (χ1v) is 10.1. The van der Waals surface area contributed by atoms with Gasteiger partial charge < -0.3 is 5.11 Å². The molecule has 0 unspecified atom stereocenters. The van der Waals surface area contributed by atoms with Crippen molar-refractivity contribution in [3.63, 3.8) is 0 Å². The fourth-order valence-electron chi connectivity index (χ4n) is 2.61. The summed E-state index contributed by atoms with van der Waals surface area (Å²) in [4.78, 5) is 2.24. The summed E-state index contributed by atoms with van der Waals surface area (Å²) in [6.45, 7) is 4.89. The molecule has 0 fully saturated rings. The molecule has 0 radical (unpaired) electrons. The van der Waals surface area contributed by atoms with E-state index in [-0.39, 0.29) is 5.75 Å². The van der Waals surface area contributed by atoms with E-state index in [9.17, 15) is 13.5 Å². The van der Waals surface area contributed by atoms with Gasteiger partial charge in [-0.15, -0.1) is 21.5 Å². The third-order valence-corrected chi connectivity index (χ3v) is 5.37. The Balaban J connectivity index is 1.69. The Kier molecular flexibility index (Phi) is 4.50. The predicted molar refractivity (Wildman–Crippen MR) is 85.7 cm³/mol. The Bertz CT molecular complexity index is 798. The molecule has 0 aliphatic carbocycles. The summed E-state index contributed by atoms with van der Waals surface area (Å²) in [7, 11) is -3.25. The molecule has 126 valence electrons. The maximum absolute atomic E-state index is 11.3. The van der Waals surface area contributed by atoms with E-state index in [0.717, 1.165) is 35.1 Å². The number of hydrogen-bond acceptors (Lipinski definition) is 8. The Labute approximate surface area is 138 Å². The molecule has 2 aromatic heterocycles. The monoisotopic (exact) mass is 357 g/mol. The van der Waals surface area contributed by atoms with Gasteiger partial charge in [0.15, 0.2) is 0 Å². The van der Waals surface area contributed by atoms with Gasteiger partial charge in [0.25, 0.3) is 0 Å². The number of aliphatic hydroxyl groups excluding tert-OH is 1. The van der Waals surface area contributed by atoms with Crippen LogP contribution in [-0.4, -0.2) is 57.0 Å². The first-order chi connectivity index (χ1) is 10.8. The molecule has 1 atom stereocenters. The number of nitrogens with zero attached hydrogens (tertiary/aromatic N) is 5. The number of sulfone groups is 1. The molecule has 0 aromatic carbocycles. The normalized spacial score (nSPS) is 17.2. The number of hydrogen-bond donors (Lipinski definition) is 1. The minimum absolute atomic E-state index is 0.308. The van der Waals surface area contributed by atoms with Crippen LogP contribution >= 0.6 is 11.3 Å². The summed E-state index contributed by atoms with van der Waals surface area (Å²) < 4.78 is 24.4. The number of aliphatic hydroxyl groups is 1. The van der Waals surface area contributed by atoms with E-state index in [2.05, 4.69) is 20.2 Å². The number of aromatic nitrogens is 4. The maximum atomic E-state index is 11.3. The summed E-state index contributed by atoms with van der Waals surface area (Å²) in [5, 5.41) is 24.4. The third-order valence-electron chi connectivity index (χ3n) is 3.62. The van der Waals surface area contributed by atoms with Crippen LogP contribution in [0.4, 0.5) is 0 Å². The molecule has 0 saturated heterocycles. The zero-order chi connectivity index (χ0) is 16.6. The molecule has 2 aromatic rings. The molecule has 1 N–H and O–H groups in total. The second kappa shape index (κ2) is 6.27. The van der Waals surface area contributed by atoms with Gasteiger partial charge in [0.05, 0.1) is 30.2 Å². The number of aryl methyl sites for hydroxylation is 1. The van der Waals surface area contributed by atoms with E-state index in [1.165, 1.54) is 0 Å². The Morgan fingerprint density at radius 2 is 2.17 bits per heavy atom. The third kappa shape index (κ3) is 4.14. The lowest BCUT2D eigenvalue weighted by Gasteiger charge is -2.26. The van der Waals surface area contributed by atoms with Crippen LogP contribution in [0.15, 0.2) is 6.07 Å². The van der Waals surface area contributed by atoms with Crippen molar-refractivity contribution >= 4 is 21.2 Å². The van der Waals surface area contributed by atoms with Crippen LogP contribution in [0.5, 0.6) is 0 Å². The first-order valence-electron chi connectivity index (χ1n) is 7.24. The van der Waals surface area contributed by atoms with E-state index in [1.54, 1.807) is 17.4 Å². The Morgan fingerprint density at radius 3 is 2.83 bits per heavy atom. The average Bonchev–Trinajstić information content (AvgIpc) is 3.02. The fraction of sp³-hybridized carbons (Fsp3) is 0.615. The summed E-state index contributed by atoms with van der Waals surface area (Å²) in [6.07, 6.45) is 0.0280. The molecule has 3 rings (SSSR count). The second-order valence-corrected chi connectivity index (χ2v) is 9.27. The van der Waals surface area contributed by atoms with Crippen LogP contribution in [-0.2, 0) is 29.5 Å². The Morgan fingerprint density at radius 1 is 1.39 bits per heavy atom. The van der Waals surface area contributed by atoms with Crippen molar-refractivity contribution in [3.8, 4) is 0 Å². The van der Waals surface area contributed by atoms with Crippen molar-refractivity contribution < 1.29 is 13.5 Å². The minimum Gasteiger partial charge on any atom is -0.386 e. The number of rotatable bonds is 5. The largest absolute Gasteiger partial charge is 0.386 e. The smallest absolute Gasteiger partial charge is 0.150 e. The highest BCUT2D eigenvalue weighted by Crippen LogP contribution is 2.21.